The van der Waals surface area contributed by atoms with Crippen LogP contribution in [0.15, 0.2) is 36.4 Å². The first-order valence-electron chi connectivity index (χ1n) is 7.19. The van der Waals surface area contributed by atoms with Crippen molar-refractivity contribution in [1.82, 2.24) is 10.2 Å². The fourth-order valence-electron chi connectivity index (χ4n) is 1.96. The molecule has 0 saturated carbocycles. The van der Waals surface area contributed by atoms with E-state index in [1.165, 1.54) is 22.7 Å². The molecule has 2 aromatic heterocycles. The summed E-state index contributed by atoms with van der Waals surface area (Å²) in [5, 5.41) is 12.0. The third-order valence-corrected chi connectivity index (χ3v) is 5.19. The van der Waals surface area contributed by atoms with E-state index >= 15 is 0 Å². The number of aryl methyl sites for hydroxylation is 1. The summed E-state index contributed by atoms with van der Waals surface area (Å²) in [4.78, 5) is 12.6. The summed E-state index contributed by atoms with van der Waals surface area (Å²) >= 11 is 8.39. The summed E-state index contributed by atoms with van der Waals surface area (Å²) in [7, 11) is 0. The molecule has 0 radical (unpaired) electrons. The molecule has 124 valence electrons. The molecule has 0 bridgehead atoms. The highest BCUT2D eigenvalue weighted by Gasteiger charge is 2.12. The molecule has 0 unspecified atom stereocenters. The Labute approximate surface area is 152 Å². The quantitative estimate of drug-likeness (QED) is 0.687. The number of ether oxygens (including phenoxy) is 1. The zero-order valence-corrected chi connectivity index (χ0v) is 15.2. The van der Waals surface area contributed by atoms with Crippen LogP contribution in [0.2, 0.25) is 4.34 Å². The van der Waals surface area contributed by atoms with Crippen molar-refractivity contribution in [1.29, 1.82) is 0 Å². The molecular formula is C16H14ClN3O2S2. The number of aromatic nitrogens is 2. The van der Waals surface area contributed by atoms with Gasteiger partial charge in [-0.05, 0) is 36.8 Å². The molecule has 0 aliphatic carbocycles. The van der Waals surface area contributed by atoms with Crippen LogP contribution in [-0.2, 0) is 6.42 Å². The van der Waals surface area contributed by atoms with E-state index in [0.29, 0.717) is 27.4 Å². The predicted molar refractivity (Wildman–Crippen MR) is 97.6 cm³/mol. The van der Waals surface area contributed by atoms with Crippen molar-refractivity contribution in [2.24, 2.45) is 0 Å². The number of amides is 1. The summed E-state index contributed by atoms with van der Waals surface area (Å²) in [6.45, 7) is 2.53. The number of thiophene rings is 1. The molecule has 8 heteroatoms. The Morgan fingerprint density at radius 3 is 2.88 bits per heavy atom. The zero-order valence-electron chi connectivity index (χ0n) is 12.8. The molecule has 3 aromatic rings. The van der Waals surface area contributed by atoms with Gasteiger partial charge in [0.15, 0.2) is 0 Å². The molecule has 0 aliphatic rings. The van der Waals surface area contributed by atoms with Crippen LogP contribution in [0.5, 0.6) is 5.75 Å². The van der Waals surface area contributed by atoms with Gasteiger partial charge in [-0.3, -0.25) is 10.1 Å². The lowest BCUT2D eigenvalue weighted by molar-refractivity contribution is 0.103. The van der Waals surface area contributed by atoms with E-state index in [9.17, 15) is 4.79 Å². The fourth-order valence-corrected chi connectivity index (χ4v) is 3.62. The molecule has 0 aliphatic heterocycles. The minimum absolute atomic E-state index is 0.231. The lowest BCUT2D eigenvalue weighted by Crippen LogP contribution is -2.09. The average molecular weight is 380 g/mol. The first kappa shape index (κ1) is 16.9. The van der Waals surface area contributed by atoms with Gasteiger partial charge in [-0.15, -0.1) is 21.5 Å². The van der Waals surface area contributed by atoms with Gasteiger partial charge in [0.05, 0.1) is 15.8 Å². The molecule has 5 nitrogen and oxygen atoms in total. The maximum atomic E-state index is 12.0. The summed E-state index contributed by atoms with van der Waals surface area (Å²) in [6.07, 6.45) is 0.631. The number of hydrogen-bond acceptors (Lipinski definition) is 6. The van der Waals surface area contributed by atoms with Gasteiger partial charge >= 0.3 is 0 Å². The van der Waals surface area contributed by atoms with Crippen molar-refractivity contribution in [2.75, 3.05) is 11.9 Å². The smallest absolute Gasteiger partial charge is 0.267 e. The standard InChI is InChI=1S/C16H14ClN3O2S2/c1-10-3-2-4-11(9-10)22-8-7-14-19-20-16(24-14)18-15(21)12-5-6-13(17)23-12/h2-6,9H,7-8H2,1H3,(H,18,20,21). The van der Waals surface area contributed by atoms with Gasteiger partial charge in [-0.25, -0.2) is 0 Å². The van der Waals surface area contributed by atoms with E-state index in [2.05, 4.69) is 15.5 Å². The fraction of sp³-hybridized carbons (Fsp3) is 0.188. The summed E-state index contributed by atoms with van der Waals surface area (Å²) in [6, 6.07) is 11.3. The van der Waals surface area contributed by atoms with Crippen molar-refractivity contribution in [3.63, 3.8) is 0 Å². The lowest BCUT2D eigenvalue weighted by atomic mass is 10.2. The van der Waals surface area contributed by atoms with Gasteiger partial charge in [0.2, 0.25) is 5.13 Å². The molecule has 2 heterocycles. The van der Waals surface area contributed by atoms with Gasteiger partial charge in [-0.2, -0.15) is 0 Å². The highest BCUT2D eigenvalue weighted by Crippen LogP contribution is 2.23. The van der Waals surface area contributed by atoms with Gasteiger partial charge in [0.1, 0.15) is 10.8 Å². The summed E-state index contributed by atoms with van der Waals surface area (Å²) in [5.74, 6) is 0.605. The van der Waals surface area contributed by atoms with Crippen molar-refractivity contribution >= 4 is 45.3 Å². The van der Waals surface area contributed by atoms with E-state index in [0.717, 1.165) is 16.3 Å². The Hall–Kier alpha value is -1.96. The minimum Gasteiger partial charge on any atom is -0.493 e. The van der Waals surface area contributed by atoms with Crippen LogP contribution in [0.1, 0.15) is 20.2 Å². The van der Waals surface area contributed by atoms with Gasteiger partial charge in [0, 0.05) is 6.42 Å². The second kappa shape index (κ2) is 7.74. The van der Waals surface area contributed by atoms with Crippen LogP contribution in [0.25, 0.3) is 0 Å². The summed E-state index contributed by atoms with van der Waals surface area (Å²) < 4.78 is 6.27. The van der Waals surface area contributed by atoms with Crippen molar-refractivity contribution in [3.8, 4) is 5.75 Å². The molecular weight excluding hydrogens is 366 g/mol. The summed E-state index contributed by atoms with van der Waals surface area (Å²) in [5.41, 5.74) is 1.15. The Morgan fingerprint density at radius 2 is 2.12 bits per heavy atom. The average Bonchev–Trinajstić information content (AvgIpc) is 3.17. The van der Waals surface area contributed by atoms with E-state index in [-0.39, 0.29) is 5.91 Å². The normalized spacial score (nSPS) is 10.6. The molecule has 24 heavy (non-hydrogen) atoms. The number of rotatable bonds is 6. The van der Waals surface area contributed by atoms with Crippen LogP contribution in [0, 0.1) is 6.92 Å². The van der Waals surface area contributed by atoms with E-state index in [1.807, 2.05) is 31.2 Å². The first-order valence-corrected chi connectivity index (χ1v) is 9.20. The third kappa shape index (κ3) is 4.53. The van der Waals surface area contributed by atoms with E-state index < -0.39 is 0 Å². The van der Waals surface area contributed by atoms with Crippen LogP contribution in [-0.4, -0.2) is 22.7 Å². The number of benzene rings is 1. The number of anilines is 1. The Balaban J connectivity index is 1.51. The Kier molecular flexibility index (Phi) is 5.44. The second-order valence-corrected chi connectivity index (χ2v) is 7.75. The topological polar surface area (TPSA) is 64.1 Å². The molecule has 1 aromatic carbocycles. The molecule has 3 rings (SSSR count). The van der Waals surface area contributed by atoms with Crippen molar-refractivity contribution in [2.45, 2.75) is 13.3 Å². The number of halogens is 1. The predicted octanol–water partition coefficient (Wildman–Crippen LogP) is 4.44. The number of carbonyl (C=O) groups excluding carboxylic acids is 1. The van der Waals surface area contributed by atoms with Crippen molar-refractivity contribution in [3.05, 3.63) is 56.2 Å². The maximum absolute atomic E-state index is 12.0. The Morgan fingerprint density at radius 1 is 1.25 bits per heavy atom. The van der Waals surface area contributed by atoms with E-state index in [4.69, 9.17) is 16.3 Å². The zero-order chi connectivity index (χ0) is 16.9. The Bertz CT molecular complexity index is 847. The van der Waals surface area contributed by atoms with Gasteiger partial charge < -0.3 is 4.74 Å². The lowest BCUT2D eigenvalue weighted by Gasteiger charge is -2.04. The molecule has 0 atom stereocenters. The monoisotopic (exact) mass is 379 g/mol. The van der Waals surface area contributed by atoms with E-state index in [1.54, 1.807) is 12.1 Å². The maximum Gasteiger partial charge on any atom is 0.267 e. The molecule has 0 saturated heterocycles. The molecule has 1 amide bonds. The third-order valence-electron chi connectivity index (χ3n) is 3.06. The number of nitrogens with one attached hydrogen (secondary N) is 1. The van der Waals surface area contributed by atoms with Gasteiger partial charge in [0.25, 0.3) is 5.91 Å². The second-order valence-electron chi connectivity index (χ2n) is 4.97. The minimum atomic E-state index is -0.231. The van der Waals surface area contributed by atoms with Crippen molar-refractivity contribution < 1.29 is 9.53 Å². The van der Waals surface area contributed by atoms with Crippen LogP contribution < -0.4 is 10.1 Å². The van der Waals surface area contributed by atoms with Crippen LogP contribution in [0.4, 0.5) is 5.13 Å². The molecule has 1 N–H and O–H groups in total. The molecule has 0 fully saturated rings. The van der Waals surface area contributed by atoms with Gasteiger partial charge in [-0.1, -0.05) is 35.1 Å². The van der Waals surface area contributed by atoms with Crippen LogP contribution in [0.3, 0.4) is 0 Å². The number of nitrogens with zero attached hydrogens (tertiary/aromatic N) is 2. The number of carbonyl (C=O) groups is 1. The van der Waals surface area contributed by atoms with Crippen LogP contribution >= 0.6 is 34.3 Å². The highest BCUT2D eigenvalue weighted by molar-refractivity contribution is 7.18. The first-order chi connectivity index (χ1) is 11.6. The SMILES string of the molecule is Cc1cccc(OCCc2nnc(NC(=O)c3ccc(Cl)s3)s2)c1. The number of hydrogen-bond donors (Lipinski definition) is 1. The molecule has 0 spiro atoms. The largest absolute Gasteiger partial charge is 0.493 e. The highest BCUT2D eigenvalue weighted by atomic mass is 35.5.